The van der Waals surface area contributed by atoms with E-state index in [1.54, 1.807) is 4.90 Å². The topological polar surface area (TPSA) is 49.9 Å². The number of ether oxygens (including phenoxy) is 1. The molecule has 0 unspecified atom stereocenters. The van der Waals surface area contributed by atoms with Crippen molar-refractivity contribution in [1.82, 2.24) is 4.90 Å². The first-order valence-corrected chi connectivity index (χ1v) is 10.3. The second-order valence-electron chi connectivity index (χ2n) is 8.61. The van der Waals surface area contributed by atoms with Gasteiger partial charge in [-0.25, -0.2) is 0 Å². The van der Waals surface area contributed by atoms with Gasteiger partial charge in [0, 0.05) is 38.3 Å². The largest absolute Gasteiger partial charge is 0.375 e. The number of nitrogens with zero attached hydrogens (tertiary/aromatic N) is 2. The SMILES string of the molecule is CC(C)c1ccc(N2C[C@@H](C(=O)N3CCC4(CCCO4)CC3)CC2=O)cc1. The number of amides is 2. The predicted molar refractivity (Wildman–Crippen MR) is 105 cm³/mol. The van der Waals surface area contributed by atoms with Crippen LogP contribution in [0.3, 0.4) is 0 Å². The molecule has 0 bridgehead atoms. The Kier molecular flexibility index (Phi) is 4.97. The van der Waals surface area contributed by atoms with E-state index in [4.69, 9.17) is 4.74 Å². The van der Waals surface area contributed by atoms with Crippen molar-refractivity contribution in [1.29, 1.82) is 0 Å². The van der Waals surface area contributed by atoms with Gasteiger partial charge in [-0.1, -0.05) is 26.0 Å². The van der Waals surface area contributed by atoms with Crippen LogP contribution in [0.5, 0.6) is 0 Å². The summed E-state index contributed by atoms with van der Waals surface area (Å²) in [5.41, 5.74) is 2.18. The lowest BCUT2D eigenvalue weighted by molar-refractivity contribution is -0.140. The molecular formula is C22H30N2O3. The molecule has 3 aliphatic rings. The van der Waals surface area contributed by atoms with Gasteiger partial charge in [-0.15, -0.1) is 0 Å². The minimum Gasteiger partial charge on any atom is -0.375 e. The summed E-state index contributed by atoms with van der Waals surface area (Å²) in [5, 5.41) is 0. The Balaban J connectivity index is 1.38. The van der Waals surface area contributed by atoms with E-state index >= 15 is 0 Å². The smallest absolute Gasteiger partial charge is 0.228 e. The highest BCUT2D eigenvalue weighted by Gasteiger charge is 2.42. The predicted octanol–water partition coefficient (Wildman–Crippen LogP) is 3.33. The summed E-state index contributed by atoms with van der Waals surface area (Å²) in [6.45, 7) is 7.18. The molecule has 1 aromatic carbocycles. The highest BCUT2D eigenvalue weighted by Crippen LogP contribution is 2.36. The average molecular weight is 370 g/mol. The lowest BCUT2D eigenvalue weighted by atomic mass is 9.88. The van der Waals surface area contributed by atoms with Crippen LogP contribution in [-0.2, 0) is 14.3 Å². The first-order valence-electron chi connectivity index (χ1n) is 10.3. The van der Waals surface area contributed by atoms with E-state index in [0.717, 1.165) is 51.1 Å². The Morgan fingerprint density at radius 1 is 1.15 bits per heavy atom. The van der Waals surface area contributed by atoms with Gasteiger partial charge in [0.2, 0.25) is 11.8 Å². The van der Waals surface area contributed by atoms with Crippen LogP contribution in [-0.4, -0.2) is 48.6 Å². The number of hydrogen-bond donors (Lipinski definition) is 0. The zero-order valence-electron chi connectivity index (χ0n) is 16.4. The number of anilines is 1. The van der Waals surface area contributed by atoms with Gasteiger partial charge >= 0.3 is 0 Å². The van der Waals surface area contributed by atoms with Crippen LogP contribution in [0.1, 0.15) is 57.4 Å². The standard InChI is InChI=1S/C22H30N2O3/c1-16(2)17-4-6-19(7-5-17)24-15-18(14-20(24)25)21(26)23-11-9-22(10-12-23)8-3-13-27-22/h4-7,16,18H,3,8-15H2,1-2H3/t18-/m0/s1. The minimum absolute atomic E-state index is 0.0203. The molecule has 3 saturated heterocycles. The molecule has 3 aliphatic heterocycles. The number of rotatable bonds is 3. The Morgan fingerprint density at radius 3 is 2.44 bits per heavy atom. The van der Waals surface area contributed by atoms with Crippen molar-refractivity contribution in [2.75, 3.05) is 31.1 Å². The number of benzene rings is 1. The number of likely N-dealkylation sites (tertiary alicyclic amines) is 1. The van der Waals surface area contributed by atoms with Gasteiger partial charge < -0.3 is 14.5 Å². The molecule has 2 amide bonds. The zero-order valence-corrected chi connectivity index (χ0v) is 16.4. The van der Waals surface area contributed by atoms with E-state index in [0.29, 0.717) is 18.9 Å². The van der Waals surface area contributed by atoms with Crippen molar-refractivity contribution in [3.63, 3.8) is 0 Å². The quantitative estimate of drug-likeness (QED) is 0.820. The van der Waals surface area contributed by atoms with Gasteiger partial charge in [-0.2, -0.15) is 0 Å². The van der Waals surface area contributed by atoms with E-state index in [9.17, 15) is 9.59 Å². The van der Waals surface area contributed by atoms with E-state index in [1.807, 2.05) is 17.0 Å². The Morgan fingerprint density at radius 2 is 1.85 bits per heavy atom. The van der Waals surface area contributed by atoms with Gasteiger partial charge in [-0.05, 0) is 49.3 Å². The molecule has 0 aromatic heterocycles. The molecule has 1 spiro atoms. The Bertz CT molecular complexity index is 697. The maximum Gasteiger partial charge on any atom is 0.228 e. The molecule has 0 aliphatic carbocycles. The van der Waals surface area contributed by atoms with Crippen LogP contribution in [0.15, 0.2) is 24.3 Å². The monoisotopic (exact) mass is 370 g/mol. The van der Waals surface area contributed by atoms with Crippen LogP contribution in [0, 0.1) is 5.92 Å². The van der Waals surface area contributed by atoms with Crippen LogP contribution >= 0.6 is 0 Å². The van der Waals surface area contributed by atoms with E-state index < -0.39 is 0 Å². The van der Waals surface area contributed by atoms with Crippen molar-refractivity contribution >= 4 is 17.5 Å². The summed E-state index contributed by atoms with van der Waals surface area (Å²) in [4.78, 5) is 29.2. The Hall–Kier alpha value is -1.88. The third-order valence-corrected chi connectivity index (χ3v) is 6.52. The van der Waals surface area contributed by atoms with E-state index in [2.05, 4.69) is 26.0 Å². The van der Waals surface area contributed by atoms with Crippen molar-refractivity contribution in [3.8, 4) is 0 Å². The second-order valence-corrected chi connectivity index (χ2v) is 8.61. The van der Waals surface area contributed by atoms with Crippen LogP contribution in [0.4, 0.5) is 5.69 Å². The molecule has 5 nitrogen and oxygen atoms in total. The lowest BCUT2D eigenvalue weighted by Gasteiger charge is -2.39. The first kappa shape index (κ1) is 18.5. The van der Waals surface area contributed by atoms with Crippen LogP contribution < -0.4 is 4.90 Å². The molecule has 3 heterocycles. The third kappa shape index (κ3) is 3.62. The van der Waals surface area contributed by atoms with Crippen LogP contribution in [0.2, 0.25) is 0 Å². The van der Waals surface area contributed by atoms with Crippen molar-refractivity contribution < 1.29 is 14.3 Å². The zero-order chi connectivity index (χ0) is 19.0. The Labute approximate surface area is 161 Å². The summed E-state index contributed by atoms with van der Waals surface area (Å²) in [5.74, 6) is 0.436. The number of carbonyl (C=O) groups is 2. The highest BCUT2D eigenvalue weighted by molar-refractivity contribution is 6.00. The maximum absolute atomic E-state index is 13.0. The van der Waals surface area contributed by atoms with Crippen LogP contribution in [0.25, 0.3) is 0 Å². The lowest BCUT2D eigenvalue weighted by Crippen LogP contribution is -2.48. The molecule has 1 atom stereocenters. The summed E-state index contributed by atoms with van der Waals surface area (Å²) in [7, 11) is 0. The maximum atomic E-state index is 13.0. The van der Waals surface area contributed by atoms with Gasteiger partial charge in [0.1, 0.15) is 0 Å². The van der Waals surface area contributed by atoms with Gasteiger partial charge in [0.15, 0.2) is 0 Å². The molecule has 0 N–H and O–H groups in total. The number of carbonyl (C=O) groups excluding carboxylic acids is 2. The molecule has 5 heteroatoms. The van der Waals surface area contributed by atoms with Gasteiger partial charge in [0.25, 0.3) is 0 Å². The van der Waals surface area contributed by atoms with Crippen molar-refractivity contribution in [3.05, 3.63) is 29.8 Å². The molecule has 0 radical (unpaired) electrons. The average Bonchev–Trinajstić information content (AvgIpc) is 3.29. The summed E-state index contributed by atoms with van der Waals surface area (Å²) in [6, 6.07) is 8.16. The van der Waals surface area contributed by atoms with Crippen molar-refractivity contribution in [2.45, 2.75) is 57.5 Å². The van der Waals surface area contributed by atoms with Gasteiger partial charge in [-0.3, -0.25) is 9.59 Å². The summed E-state index contributed by atoms with van der Waals surface area (Å²) < 4.78 is 5.95. The molecular weight excluding hydrogens is 340 g/mol. The molecule has 4 rings (SSSR count). The molecule has 27 heavy (non-hydrogen) atoms. The second kappa shape index (κ2) is 7.27. The van der Waals surface area contributed by atoms with Crippen molar-refractivity contribution in [2.24, 2.45) is 5.92 Å². The molecule has 0 saturated carbocycles. The van der Waals surface area contributed by atoms with E-state index in [1.165, 1.54) is 5.56 Å². The fourth-order valence-electron chi connectivity index (χ4n) is 4.70. The fraction of sp³-hybridized carbons (Fsp3) is 0.636. The normalized spacial score (nSPS) is 25.0. The molecule has 3 fully saturated rings. The minimum atomic E-state index is -0.221. The molecule has 1 aromatic rings. The first-order chi connectivity index (χ1) is 13.0. The van der Waals surface area contributed by atoms with Gasteiger partial charge in [0.05, 0.1) is 11.5 Å². The number of hydrogen-bond acceptors (Lipinski definition) is 3. The van der Waals surface area contributed by atoms with E-state index in [-0.39, 0.29) is 23.3 Å². The summed E-state index contributed by atoms with van der Waals surface area (Å²) in [6.07, 6.45) is 4.44. The number of piperidine rings is 1. The highest BCUT2D eigenvalue weighted by atomic mass is 16.5. The third-order valence-electron chi connectivity index (χ3n) is 6.52. The summed E-state index contributed by atoms with van der Waals surface area (Å²) >= 11 is 0. The fourth-order valence-corrected chi connectivity index (χ4v) is 4.70. The molecule has 146 valence electrons.